The van der Waals surface area contributed by atoms with E-state index in [0.29, 0.717) is 18.7 Å². The third kappa shape index (κ3) is 3.16. The van der Waals surface area contributed by atoms with Crippen molar-refractivity contribution in [3.05, 3.63) is 35.1 Å². The summed E-state index contributed by atoms with van der Waals surface area (Å²) in [4.78, 5) is 13.1. The van der Waals surface area contributed by atoms with Crippen LogP contribution in [0.3, 0.4) is 0 Å². The van der Waals surface area contributed by atoms with Crippen LogP contribution in [0.2, 0.25) is 0 Å². The molecule has 1 saturated heterocycles. The summed E-state index contributed by atoms with van der Waals surface area (Å²) in [7, 11) is 0. The lowest BCUT2D eigenvalue weighted by molar-refractivity contribution is -0.0595. The Balaban J connectivity index is 2.20. The average Bonchev–Trinajstić information content (AvgIpc) is 2.41. The Hall–Kier alpha value is -1.46. The molecule has 0 aromatic heterocycles. The van der Waals surface area contributed by atoms with Crippen molar-refractivity contribution in [2.75, 3.05) is 13.2 Å². The van der Waals surface area contributed by atoms with Crippen LogP contribution in [0, 0.1) is 5.82 Å². The number of carbonyl (C=O) groups is 1. The first-order chi connectivity index (χ1) is 9.52. The average molecular weight is 281 g/mol. The van der Waals surface area contributed by atoms with Crippen LogP contribution in [0.4, 0.5) is 4.39 Å². The number of hydrogen-bond acceptors (Lipinski definition) is 3. The van der Waals surface area contributed by atoms with E-state index in [4.69, 9.17) is 9.84 Å². The van der Waals surface area contributed by atoms with E-state index in [-0.39, 0.29) is 17.7 Å². The molecule has 0 radical (unpaired) electrons. The van der Waals surface area contributed by atoms with Gasteiger partial charge in [-0.15, -0.1) is 0 Å². The molecule has 20 heavy (non-hydrogen) atoms. The third-order valence-corrected chi connectivity index (χ3v) is 3.73. The van der Waals surface area contributed by atoms with E-state index in [0.717, 1.165) is 13.0 Å². The molecule has 1 aromatic carbocycles. The fourth-order valence-electron chi connectivity index (χ4n) is 2.57. The Kier molecular flexibility index (Phi) is 4.73. The molecule has 110 valence electrons. The van der Waals surface area contributed by atoms with E-state index >= 15 is 0 Å². The number of ether oxygens (including phenoxy) is 1. The highest BCUT2D eigenvalue weighted by atomic mass is 19.1. The molecule has 2 rings (SSSR count). The topological polar surface area (TPSA) is 49.8 Å². The minimum Gasteiger partial charge on any atom is -0.478 e. The van der Waals surface area contributed by atoms with Gasteiger partial charge in [0, 0.05) is 24.7 Å². The minimum atomic E-state index is -1.23. The van der Waals surface area contributed by atoms with Gasteiger partial charge in [0.15, 0.2) is 0 Å². The zero-order valence-electron chi connectivity index (χ0n) is 11.8. The van der Waals surface area contributed by atoms with Gasteiger partial charge in [-0.2, -0.15) is 0 Å². The van der Waals surface area contributed by atoms with Crippen LogP contribution in [0.15, 0.2) is 18.2 Å². The normalized spacial score (nSPS) is 23.8. The second-order valence-corrected chi connectivity index (χ2v) is 5.22. The molecule has 1 fully saturated rings. The van der Waals surface area contributed by atoms with Gasteiger partial charge in [-0.1, -0.05) is 19.1 Å². The summed E-state index contributed by atoms with van der Waals surface area (Å²) in [5.74, 6) is -1.86. The lowest BCUT2D eigenvalue weighted by atomic mass is 10.1. The maximum Gasteiger partial charge on any atom is 0.338 e. The van der Waals surface area contributed by atoms with E-state index in [1.54, 1.807) is 12.1 Å². The molecule has 0 spiro atoms. The van der Waals surface area contributed by atoms with Crippen LogP contribution in [-0.4, -0.2) is 41.3 Å². The van der Waals surface area contributed by atoms with E-state index in [9.17, 15) is 9.18 Å². The van der Waals surface area contributed by atoms with Crippen molar-refractivity contribution in [2.24, 2.45) is 0 Å². The number of benzene rings is 1. The fraction of sp³-hybridized carbons (Fsp3) is 0.533. The van der Waals surface area contributed by atoms with Gasteiger partial charge < -0.3 is 9.84 Å². The first-order valence-electron chi connectivity index (χ1n) is 6.89. The van der Waals surface area contributed by atoms with Gasteiger partial charge in [-0.3, -0.25) is 4.90 Å². The summed E-state index contributed by atoms with van der Waals surface area (Å²) in [6.07, 6.45) is 1.04. The smallest absolute Gasteiger partial charge is 0.338 e. The zero-order chi connectivity index (χ0) is 14.7. The Morgan fingerprint density at radius 2 is 2.30 bits per heavy atom. The Morgan fingerprint density at radius 3 is 2.95 bits per heavy atom. The molecule has 1 aliphatic heterocycles. The first-order valence-corrected chi connectivity index (χ1v) is 6.89. The second-order valence-electron chi connectivity index (χ2n) is 5.22. The Labute approximate surface area is 118 Å². The summed E-state index contributed by atoms with van der Waals surface area (Å²) in [6.45, 7) is 5.84. The molecule has 0 bridgehead atoms. The molecule has 0 saturated carbocycles. The molecule has 0 amide bonds. The van der Waals surface area contributed by atoms with E-state index in [2.05, 4.69) is 11.8 Å². The number of aromatic carboxylic acids is 1. The van der Waals surface area contributed by atoms with Crippen molar-refractivity contribution in [1.82, 2.24) is 4.90 Å². The zero-order valence-corrected chi connectivity index (χ0v) is 11.8. The SMILES string of the molecule is CCC1COC(C)CN1Cc1cccc(C(=O)O)c1F. The van der Waals surface area contributed by atoms with Crippen LogP contribution >= 0.6 is 0 Å². The largest absolute Gasteiger partial charge is 0.478 e. The van der Waals surface area contributed by atoms with Gasteiger partial charge in [0.05, 0.1) is 18.3 Å². The molecule has 2 unspecified atom stereocenters. The first kappa shape index (κ1) is 14.9. The van der Waals surface area contributed by atoms with Gasteiger partial charge in [-0.25, -0.2) is 9.18 Å². The quantitative estimate of drug-likeness (QED) is 0.921. The van der Waals surface area contributed by atoms with Gasteiger partial charge >= 0.3 is 5.97 Å². The predicted octanol–water partition coefficient (Wildman–Crippen LogP) is 2.52. The highest BCUT2D eigenvalue weighted by molar-refractivity contribution is 5.88. The molecule has 1 aliphatic rings. The van der Waals surface area contributed by atoms with Crippen LogP contribution in [0.1, 0.15) is 36.2 Å². The molecular weight excluding hydrogens is 261 g/mol. The van der Waals surface area contributed by atoms with Crippen LogP contribution in [0.25, 0.3) is 0 Å². The summed E-state index contributed by atoms with van der Waals surface area (Å²) < 4.78 is 19.8. The minimum absolute atomic E-state index is 0.114. The van der Waals surface area contributed by atoms with E-state index in [1.807, 2.05) is 6.92 Å². The van der Waals surface area contributed by atoms with Crippen molar-refractivity contribution < 1.29 is 19.0 Å². The van der Waals surface area contributed by atoms with Crippen LogP contribution in [0.5, 0.6) is 0 Å². The molecule has 0 aliphatic carbocycles. The molecular formula is C15H20FNO3. The fourth-order valence-corrected chi connectivity index (χ4v) is 2.57. The van der Waals surface area contributed by atoms with Crippen molar-refractivity contribution in [3.8, 4) is 0 Å². The molecule has 1 N–H and O–H groups in total. The van der Waals surface area contributed by atoms with Crippen molar-refractivity contribution >= 4 is 5.97 Å². The molecule has 2 atom stereocenters. The Morgan fingerprint density at radius 1 is 1.55 bits per heavy atom. The van der Waals surface area contributed by atoms with Crippen molar-refractivity contribution in [1.29, 1.82) is 0 Å². The summed E-state index contributed by atoms with van der Waals surface area (Å²) >= 11 is 0. The van der Waals surface area contributed by atoms with Crippen LogP contribution < -0.4 is 0 Å². The number of halogens is 1. The highest BCUT2D eigenvalue weighted by Gasteiger charge is 2.26. The number of carboxylic acid groups (broad SMARTS) is 1. The van der Waals surface area contributed by atoms with Gasteiger partial charge in [-0.05, 0) is 19.4 Å². The van der Waals surface area contributed by atoms with Gasteiger partial charge in [0.2, 0.25) is 0 Å². The predicted molar refractivity (Wildman–Crippen MR) is 73.3 cm³/mol. The van der Waals surface area contributed by atoms with Crippen molar-refractivity contribution in [2.45, 2.75) is 39.0 Å². The van der Waals surface area contributed by atoms with Crippen LogP contribution in [-0.2, 0) is 11.3 Å². The maximum atomic E-state index is 14.2. The monoisotopic (exact) mass is 281 g/mol. The maximum absolute atomic E-state index is 14.2. The van der Waals surface area contributed by atoms with E-state index < -0.39 is 11.8 Å². The number of rotatable bonds is 4. The molecule has 4 nitrogen and oxygen atoms in total. The number of hydrogen-bond donors (Lipinski definition) is 1. The van der Waals surface area contributed by atoms with E-state index in [1.165, 1.54) is 6.07 Å². The summed E-state index contributed by atoms with van der Waals surface area (Å²) in [6, 6.07) is 4.78. The molecule has 1 heterocycles. The number of nitrogens with zero attached hydrogens (tertiary/aromatic N) is 1. The Bertz CT molecular complexity index is 492. The summed E-state index contributed by atoms with van der Waals surface area (Å²) in [5.41, 5.74) is 0.161. The van der Waals surface area contributed by atoms with Gasteiger partial charge in [0.1, 0.15) is 5.82 Å². The van der Waals surface area contributed by atoms with Gasteiger partial charge in [0.25, 0.3) is 0 Å². The summed E-state index contributed by atoms with van der Waals surface area (Å²) in [5, 5.41) is 8.96. The number of carboxylic acids is 1. The van der Waals surface area contributed by atoms with Crippen molar-refractivity contribution in [3.63, 3.8) is 0 Å². The molecule has 5 heteroatoms. The third-order valence-electron chi connectivity index (χ3n) is 3.73. The second kappa shape index (κ2) is 6.33. The lowest BCUT2D eigenvalue weighted by Crippen LogP contribution is -2.48. The standard InChI is InChI=1S/C15H20FNO3/c1-3-12-9-20-10(2)7-17(12)8-11-5-4-6-13(14(11)16)15(18)19/h4-6,10,12H,3,7-9H2,1-2H3,(H,18,19). The highest BCUT2D eigenvalue weighted by Crippen LogP contribution is 2.20. The molecule has 1 aromatic rings. The lowest BCUT2D eigenvalue weighted by Gasteiger charge is -2.38. The number of morpholine rings is 1.